The molecule has 4 heteroatoms. The molecule has 0 radical (unpaired) electrons. The third kappa shape index (κ3) is 4.02. The van der Waals surface area contributed by atoms with Crippen molar-refractivity contribution in [3.8, 4) is 0 Å². The SMILES string of the molecule is CN(C)c1ccc(Cn2ccnc2Cc2ccc(Br)cc2)cc1. The van der Waals surface area contributed by atoms with Gasteiger partial charge in [-0.2, -0.15) is 0 Å². The largest absolute Gasteiger partial charge is 0.378 e. The lowest BCUT2D eigenvalue weighted by molar-refractivity contribution is 0.740. The zero-order valence-corrected chi connectivity index (χ0v) is 15.0. The smallest absolute Gasteiger partial charge is 0.113 e. The summed E-state index contributed by atoms with van der Waals surface area (Å²) >= 11 is 3.47. The average molecular weight is 370 g/mol. The van der Waals surface area contributed by atoms with Gasteiger partial charge in [0.15, 0.2) is 0 Å². The Morgan fingerprint density at radius 1 is 0.957 bits per heavy atom. The van der Waals surface area contributed by atoms with Crippen LogP contribution in [0.5, 0.6) is 0 Å². The Hall–Kier alpha value is -2.07. The molecule has 3 aromatic rings. The predicted octanol–water partition coefficient (Wildman–Crippen LogP) is 4.35. The molecule has 0 fully saturated rings. The number of anilines is 1. The highest BCUT2D eigenvalue weighted by molar-refractivity contribution is 9.10. The van der Waals surface area contributed by atoms with E-state index in [0.717, 1.165) is 23.3 Å². The van der Waals surface area contributed by atoms with Crippen molar-refractivity contribution in [1.82, 2.24) is 9.55 Å². The fourth-order valence-corrected chi connectivity index (χ4v) is 2.80. The van der Waals surface area contributed by atoms with Crippen LogP contribution in [0.25, 0.3) is 0 Å². The molecule has 0 aliphatic heterocycles. The molecule has 0 aliphatic carbocycles. The lowest BCUT2D eigenvalue weighted by atomic mass is 10.1. The zero-order chi connectivity index (χ0) is 16.2. The highest BCUT2D eigenvalue weighted by atomic mass is 79.9. The number of hydrogen-bond acceptors (Lipinski definition) is 2. The van der Waals surface area contributed by atoms with Crippen LogP contribution in [0.2, 0.25) is 0 Å². The molecule has 0 aliphatic rings. The second-order valence-electron chi connectivity index (χ2n) is 5.84. The van der Waals surface area contributed by atoms with Crippen LogP contribution in [0.4, 0.5) is 5.69 Å². The number of rotatable bonds is 5. The minimum absolute atomic E-state index is 0.843. The van der Waals surface area contributed by atoms with Gasteiger partial charge in [-0.3, -0.25) is 0 Å². The van der Waals surface area contributed by atoms with Crippen molar-refractivity contribution >= 4 is 21.6 Å². The van der Waals surface area contributed by atoms with Crippen molar-refractivity contribution in [1.29, 1.82) is 0 Å². The van der Waals surface area contributed by atoms with E-state index in [1.165, 1.54) is 16.8 Å². The predicted molar refractivity (Wildman–Crippen MR) is 99.0 cm³/mol. The molecule has 0 saturated heterocycles. The molecule has 0 unspecified atom stereocenters. The minimum atomic E-state index is 0.843. The highest BCUT2D eigenvalue weighted by Crippen LogP contribution is 2.16. The van der Waals surface area contributed by atoms with Crippen molar-refractivity contribution in [2.45, 2.75) is 13.0 Å². The fraction of sp³-hybridized carbons (Fsp3) is 0.211. The van der Waals surface area contributed by atoms with E-state index in [0.29, 0.717) is 0 Å². The van der Waals surface area contributed by atoms with Gasteiger partial charge >= 0.3 is 0 Å². The quantitative estimate of drug-likeness (QED) is 0.666. The lowest BCUT2D eigenvalue weighted by Crippen LogP contribution is -2.09. The lowest BCUT2D eigenvalue weighted by Gasteiger charge is -2.13. The van der Waals surface area contributed by atoms with E-state index in [9.17, 15) is 0 Å². The van der Waals surface area contributed by atoms with Crippen LogP contribution in [0.3, 0.4) is 0 Å². The number of nitrogens with zero attached hydrogens (tertiary/aromatic N) is 3. The summed E-state index contributed by atoms with van der Waals surface area (Å²) in [7, 11) is 4.11. The van der Waals surface area contributed by atoms with Gasteiger partial charge in [-0.1, -0.05) is 40.2 Å². The Morgan fingerprint density at radius 2 is 1.61 bits per heavy atom. The van der Waals surface area contributed by atoms with E-state index in [4.69, 9.17) is 0 Å². The fourth-order valence-electron chi connectivity index (χ4n) is 2.53. The zero-order valence-electron chi connectivity index (χ0n) is 13.4. The molecule has 118 valence electrons. The maximum absolute atomic E-state index is 4.52. The van der Waals surface area contributed by atoms with Gasteiger partial charge < -0.3 is 9.47 Å². The van der Waals surface area contributed by atoms with Crippen LogP contribution in [0.15, 0.2) is 65.4 Å². The molecule has 2 aromatic carbocycles. The molecule has 23 heavy (non-hydrogen) atoms. The molecule has 1 heterocycles. The summed E-state index contributed by atoms with van der Waals surface area (Å²) in [6.07, 6.45) is 4.77. The van der Waals surface area contributed by atoms with E-state index in [1.807, 2.05) is 12.4 Å². The first kappa shape index (κ1) is 15.8. The summed E-state index contributed by atoms with van der Waals surface area (Å²) in [6, 6.07) is 17.1. The standard InChI is InChI=1S/C19H20BrN3/c1-22(2)18-9-5-16(6-10-18)14-23-12-11-21-19(23)13-15-3-7-17(20)8-4-15/h3-12H,13-14H2,1-2H3. The molecule has 0 saturated carbocycles. The molecule has 0 bridgehead atoms. The number of hydrogen-bond donors (Lipinski definition) is 0. The van der Waals surface area contributed by atoms with Crippen LogP contribution >= 0.6 is 15.9 Å². The van der Waals surface area contributed by atoms with Crippen LogP contribution in [0, 0.1) is 0 Å². The Morgan fingerprint density at radius 3 is 2.26 bits per heavy atom. The molecule has 0 N–H and O–H groups in total. The van der Waals surface area contributed by atoms with Gasteiger partial charge in [-0.15, -0.1) is 0 Å². The Balaban J connectivity index is 1.74. The summed E-state index contributed by atoms with van der Waals surface area (Å²) in [6.45, 7) is 0.847. The molecule has 1 aromatic heterocycles. The first-order chi connectivity index (χ1) is 11.1. The monoisotopic (exact) mass is 369 g/mol. The average Bonchev–Trinajstić information content (AvgIpc) is 2.97. The molecule has 0 amide bonds. The van der Waals surface area contributed by atoms with E-state index >= 15 is 0 Å². The Bertz CT molecular complexity index is 758. The van der Waals surface area contributed by atoms with Crippen LogP contribution in [-0.4, -0.2) is 23.6 Å². The van der Waals surface area contributed by atoms with Crippen molar-refractivity contribution in [3.05, 3.63) is 82.3 Å². The first-order valence-electron chi connectivity index (χ1n) is 7.62. The van der Waals surface area contributed by atoms with Crippen LogP contribution in [-0.2, 0) is 13.0 Å². The summed E-state index contributed by atoms with van der Waals surface area (Å²) in [5, 5.41) is 0. The Labute approximate surface area is 145 Å². The Kier molecular flexibility index (Phi) is 4.82. The first-order valence-corrected chi connectivity index (χ1v) is 8.42. The second-order valence-corrected chi connectivity index (χ2v) is 6.75. The number of halogens is 1. The minimum Gasteiger partial charge on any atom is -0.378 e. The third-order valence-electron chi connectivity index (χ3n) is 3.88. The summed E-state index contributed by atoms with van der Waals surface area (Å²) in [4.78, 5) is 6.63. The van der Waals surface area contributed by atoms with E-state index < -0.39 is 0 Å². The van der Waals surface area contributed by atoms with Gasteiger partial charge in [-0.25, -0.2) is 4.98 Å². The second kappa shape index (κ2) is 7.01. The van der Waals surface area contributed by atoms with E-state index in [2.05, 4.69) is 93.0 Å². The van der Waals surface area contributed by atoms with E-state index in [-0.39, 0.29) is 0 Å². The van der Waals surface area contributed by atoms with Crippen molar-refractivity contribution in [3.63, 3.8) is 0 Å². The summed E-state index contributed by atoms with van der Waals surface area (Å²) in [5.41, 5.74) is 3.77. The van der Waals surface area contributed by atoms with Gasteiger partial charge in [0, 0.05) is 49.6 Å². The van der Waals surface area contributed by atoms with E-state index in [1.54, 1.807) is 0 Å². The van der Waals surface area contributed by atoms with Crippen LogP contribution in [0.1, 0.15) is 17.0 Å². The molecule has 3 nitrogen and oxygen atoms in total. The molecule has 3 rings (SSSR count). The summed E-state index contributed by atoms with van der Waals surface area (Å²) < 4.78 is 3.32. The number of benzene rings is 2. The van der Waals surface area contributed by atoms with Crippen molar-refractivity contribution in [2.24, 2.45) is 0 Å². The van der Waals surface area contributed by atoms with Crippen molar-refractivity contribution < 1.29 is 0 Å². The van der Waals surface area contributed by atoms with Gasteiger partial charge in [0.1, 0.15) is 5.82 Å². The normalized spacial score (nSPS) is 10.7. The third-order valence-corrected chi connectivity index (χ3v) is 4.41. The maximum Gasteiger partial charge on any atom is 0.113 e. The van der Waals surface area contributed by atoms with Crippen LogP contribution < -0.4 is 4.90 Å². The van der Waals surface area contributed by atoms with Gasteiger partial charge in [-0.05, 0) is 35.4 Å². The maximum atomic E-state index is 4.52. The molecule has 0 spiro atoms. The van der Waals surface area contributed by atoms with Gasteiger partial charge in [0.2, 0.25) is 0 Å². The highest BCUT2D eigenvalue weighted by Gasteiger charge is 2.05. The van der Waals surface area contributed by atoms with Crippen molar-refractivity contribution in [2.75, 3.05) is 19.0 Å². The molecular formula is C19H20BrN3. The number of imidazole rings is 1. The molecular weight excluding hydrogens is 350 g/mol. The van der Waals surface area contributed by atoms with Gasteiger partial charge in [0.05, 0.1) is 0 Å². The van der Waals surface area contributed by atoms with Gasteiger partial charge in [0.25, 0.3) is 0 Å². The topological polar surface area (TPSA) is 21.1 Å². The summed E-state index contributed by atoms with van der Waals surface area (Å²) in [5.74, 6) is 1.09. The molecule has 0 atom stereocenters. The number of aromatic nitrogens is 2.